The minimum Gasteiger partial charge on any atom is -0.323 e. The van der Waals surface area contributed by atoms with E-state index in [2.05, 4.69) is 25.6 Å². The Labute approximate surface area is 161 Å². The summed E-state index contributed by atoms with van der Waals surface area (Å²) in [7, 11) is 0. The van der Waals surface area contributed by atoms with Crippen molar-refractivity contribution in [2.24, 2.45) is 0 Å². The van der Waals surface area contributed by atoms with E-state index >= 15 is 0 Å². The van der Waals surface area contributed by atoms with Crippen LogP contribution < -0.4 is 5.32 Å². The maximum atomic E-state index is 13.6. The largest absolute Gasteiger partial charge is 0.323 e. The second kappa shape index (κ2) is 7.69. The van der Waals surface area contributed by atoms with E-state index in [4.69, 9.17) is 0 Å². The SMILES string of the molecule is O=C(CSc1ncnc2c1nnn2-c1ccc(F)cc1)Nc1ccccc1F. The molecule has 4 aromatic rings. The Morgan fingerprint density at radius 3 is 2.64 bits per heavy atom. The summed E-state index contributed by atoms with van der Waals surface area (Å²) in [6.07, 6.45) is 1.34. The molecule has 0 atom stereocenters. The molecule has 0 aliphatic carbocycles. The smallest absolute Gasteiger partial charge is 0.234 e. The van der Waals surface area contributed by atoms with Gasteiger partial charge in [-0.25, -0.2) is 18.7 Å². The number of thioether (sulfide) groups is 1. The third-order valence-electron chi connectivity index (χ3n) is 3.76. The zero-order valence-corrected chi connectivity index (χ0v) is 15.0. The lowest BCUT2D eigenvalue weighted by Gasteiger charge is -2.06. The van der Waals surface area contributed by atoms with Crippen LogP contribution in [0.25, 0.3) is 16.9 Å². The number of rotatable bonds is 5. The quantitative estimate of drug-likeness (QED) is 0.410. The summed E-state index contributed by atoms with van der Waals surface area (Å²) in [4.78, 5) is 20.4. The van der Waals surface area contributed by atoms with Gasteiger partial charge in [0.15, 0.2) is 11.2 Å². The van der Waals surface area contributed by atoms with Crippen LogP contribution in [-0.4, -0.2) is 36.6 Å². The fourth-order valence-corrected chi connectivity index (χ4v) is 3.20. The van der Waals surface area contributed by atoms with Gasteiger partial charge in [-0.15, -0.1) is 5.10 Å². The first kappa shape index (κ1) is 18.0. The van der Waals surface area contributed by atoms with Crippen LogP contribution in [0.1, 0.15) is 0 Å². The Morgan fingerprint density at radius 2 is 1.86 bits per heavy atom. The molecule has 2 aromatic heterocycles. The van der Waals surface area contributed by atoms with Crippen LogP contribution in [-0.2, 0) is 4.79 Å². The van der Waals surface area contributed by atoms with Crippen molar-refractivity contribution < 1.29 is 13.6 Å². The predicted molar refractivity (Wildman–Crippen MR) is 100 cm³/mol. The molecule has 140 valence electrons. The van der Waals surface area contributed by atoms with E-state index in [1.807, 2.05) is 0 Å². The number of nitrogens with one attached hydrogen (secondary N) is 1. The van der Waals surface area contributed by atoms with Gasteiger partial charge in [-0.05, 0) is 36.4 Å². The topological polar surface area (TPSA) is 85.6 Å². The summed E-state index contributed by atoms with van der Waals surface area (Å²) >= 11 is 1.13. The van der Waals surface area contributed by atoms with Crippen molar-refractivity contribution in [2.45, 2.75) is 5.03 Å². The molecule has 0 unspecified atom stereocenters. The van der Waals surface area contributed by atoms with Crippen LogP contribution in [0.3, 0.4) is 0 Å². The maximum absolute atomic E-state index is 13.6. The van der Waals surface area contributed by atoms with Gasteiger partial charge in [0.05, 0.1) is 17.1 Å². The van der Waals surface area contributed by atoms with Gasteiger partial charge in [0, 0.05) is 0 Å². The average molecular weight is 398 g/mol. The fraction of sp³-hybridized carbons (Fsp3) is 0.0556. The van der Waals surface area contributed by atoms with Crippen LogP contribution >= 0.6 is 11.8 Å². The summed E-state index contributed by atoms with van der Waals surface area (Å²) < 4.78 is 28.2. The lowest BCUT2D eigenvalue weighted by atomic mass is 10.3. The molecule has 0 radical (unpaired) electrons. The third-order valence-corrected chi connectivity index (χ3v) is 4.74. The number of hydrogen-bond donors (Lipinski definition) is 1. The zero-order chi connectivity index (χ0) is 19.5. The number of aromatic nitrogens is 5. The van der Waals surface area contributed by atoms with Crippen molar-refractivity contribution in [3.05, 3.63) is 66.5 Å². The van der Waals surface area contributed by atoms with Crippen molar-refractivity contribution >= 4 is 34.5 Å². The normalized spacial score (nSPS) is 10.9. The number of hydrogen-bond acceptors (Lipinski definition) is 6. The Balaban J connectivity index is 1.52. The Kier molecular flexibility index (Phi) is 4.94. The molecule has 0 fully saturated rings. The lowest BCUT2D eigenvalue weighted by Crippen LogP contribution is -2.15. The lowest BCUT2D eigenvalue weighted by molar-refractivity contribution is -0.113. The van der Waals surface area contributed by atoms with Gasteiger partial charge in [0.25, 0.3) is 0 Å². The van der Waals surface area contributed by atoms with Crippen LogP contribution in [0.4, 0.5) is 14.5 Å². The highest BCUT2D eigenvalue weighted by Crippen LogP contribution is 2.24. The number of carbonyl (C=O) groups is 1. The molecule has 28 heavy (non-hydrogen) atoms. The van der Waals surface area contributed by atoms with Crippen LogP contribution in [0.2, 0.25) is 0 Å². The summed E-state index contributed by atoms with van der Waals surface area (Å²) in [6, 6.07) is 11.7. The van der Waals surface area contributed by atoms with Crippen LogP contribution in [0, 0.1) is 11.6 Å². The predicted octanol–water partition coefficient (Wildman–Crippen LogP) is 3.22. The van der Waals surface area contributed by atoms with Gasteiger partial charge in [-0.1, -0.05) is 29.1 Å². The van der Waals surface area contributed by atoms with E-state index in [1.165, 1.54) is 35.3 Å². The second-order valence-corrected chi connectivity index (χ2v) is 6.61. The van der Waals surface area contributed by atoms with Crippen LogP contribution in [0.5, 0.6) is 0 Å². The first-order valence-electron chi connectivity index (χ1n) is 8.11. The molecular weight excluding hydrogens is 386 g/mol. The van der Waals surface area contributed by atoms with Crippen molar-refractivity contribution in [1.29, 1.82) is 0 Å². The molecule has 1 N–H and O–H groups in total. The standard InChI is InChI=1S/C18H12F2N6OS/c19-11-5-7-12(8-6-11)26-17-16(24-25-26)18(22-10-21-17)28-9-15(27)23-14-4-2-1-3-13(14)20/h1-8,10H,9H2,(H,23,27). The fourth-order valence-electron chi connectivity index (χ4n) is 2.47. The molecule has 0 saturated carbocycles. The Morgan fingerprint density at radius 1 is 1.07 bits per heavy atom. The molecule has 1 amide bonds. The number of nitrogens with zero attached hydrogens (tertiary/aromatic N) is 5. The van der Waals surface area contributed by atoms with Crippen molar-refractivity contribution in [3.63, 3.8) is 0 Å². The summed E-state index contributed by atoms with van der Waals surface area (Å²) in [5.41, 5.74) is 1.55. The van der Waals surface area contributed by atoms with Gasteiger partial charge in [0.1, 0.15) is 23.0 Å². The van der Waals surface area contributed by atoms with Crippen molar-refractivity contribution in [2.75, 3.05) is 11.1 Å². The maximum Gasteiger partial charge on any atom is 0.234 e. The summed E-state index contributed by atoms with van der Waals surface area (Å²) in [5.74, 6) is -1.25. The highest BCUT2D eigenvalue weighted by atomic mass is 32.2. The summed E-state index contributed by atoms with van der Waals surface area (Å²) in [5, 5.41) is 11.1. The molecule has 2 heterocycles. The molecule has 0 spiro atoms. The van der Waals surface area contributed by atoms with E-state index in [-0.39, 0.29) is 23.2 Å². The molecule has 0 aliphatic heterocycles. The molecule has 2 aromatic carbocycles. The minimum absolute atomic E-state index is 0.00383. The van der Waals surface area contributed by atoms with Gasteiger partial charge < -0.3 is 5.32 Å². The first-order valence-corrected chi connectivity index (χ1v) is 9.10. The summed E-state index contributed by atoms with van der Waals surface area (Å²) in [6.45, 7) is 0. The van der Waals surface area contributed by atoms with E-state index in [9.17, 15) is 13.6 Å². The first-order chi connectivity index (χ1) is 13.6. The molecule has 7 nitrogen and oxygen atoms in total. The minimum atomic E-state index is -0.507. The van der Waals surface area contributed by atoms with Gasteiger partial charge in [0.2, 0.25) is 5.91 Å². The molecule has 4 rings (SSSR count). The van der Waals surface area contributed by atoms with Gasteiger partial charge >= 0.3 is 0 Å². The highest BCUT2D eigenvalue weighted by molar-refractivity contribution is 8.00. The third kappa shape index (κ3) is 3.67. The number of amides is 1. The molecule has 0 bridgehead atoms. The van der Waals surface area contributed by atoms with Crippen molar-refractivity contribution in [1.82, 2.24) is 25.0 Å². The van der Waals surface area contributed by atoms with Crippen LogP contribution in [0.15, 0.2) is 59.9 Å². The molecule has 10 heteroatoms. The van der Waals surface area contributed by atoms with Gasteiger partial charge in [-0.2, -0.15) is 4.68 Å². The number of carbonyl (C=O) groups excluding carboxylic acids is 1. The number of benzene rings is 2. The van der Waals surface area contributed by atoms with Crippen molar-refractivity contribution in [3.8, 4) is 5.69 Å². The van der Waals surface area contributed by atoms with E-state index in [0.717, 1.165) is 11.8 Å². The molecule has 0 aliphatic rings. The zero-order valence-electron chi connectivity index (χ0n) is 14.2. The van der Waals surface area contributed by atoms with E-state index in [0.29, 0.717) is 21.9 Å². The molecule has 0 saturated heterocycles. The monoisotopic (exact) mass is 398 g/mol. The van der Waals surface area contributed by atoms with Gasteiger partial charge in [-0.3, -0.25) is 4.79 Å². The Hall–Kier alpha value is -3.40. The number of anilines is 1. The highest BCUT2D eigenvalue weighted by Gasteiger charge is 2.15. The second-order valence-electron chi connectivity index (χ2n) is 5.65. The number of halogens is 2. The Bertz CT molecular complexity index is 1150. The number of para-hydroxylation sites is 1. The number of fused-ring (bicyclic) bond motifs is 1. The average Bonchev–Trinajstić information content (AvgIpc) is 3.13. The molecular formula is C18H12F2N6OS. The van der Waals surface area contributed by atoms with E-state index in [1.54, 1.807) is 24.3 Å². The van der Waals surface area contributed by atoms with E-state index < -0.39 is 5.82 Å².